The van der Waals surface area contributed by atoms with E-state index >= 15 is 0 Å². The molecule has 0 heteroatoms. The molecular formula is C13H26. The van der Waals surface area contributed by atoms with E-state index in [-0.39, 0.29) is 0 Å². The molecular weight excluding hydrogens is 156 g/mol. The number of hydrogen-bond donors (Lipinski definition) is 0. The minimum absolute atomic E-state index is 1.16. The van der Waals surface area contributed by atoms with Gasteiger partial charge in [0.2, 0.25) is 0 Å². The molecule has 0 atom stereocenters. The summed E-state index contributed by atoms with van der Waals surface area (Å²) in [6.07, 6.45) is 12.3. The van der Waals surface area contributed by atoms with Gasteiger partial charge in [-0.1, -0.05) is 64.5 Å². The molecule has 0 aromatic rings. The number of allylic oxidation sites excluding steroid dienone is 1. The third-order valence-electron chi connectivity index (χ3n) is 2.63. The second-order valence-electron chi connectivity index (χ2n) is 3.97. The molecule has 0 aliphatic rings. The van der Waals surface area contributed by atoms with E-state index in [1.807, 2.05) is 0 Å². The van der Waals surface area contributed by atoms with Gasteiger partial charge in [-0.25, -0.2) is 0 Å². The molecule has 0 unspecified atom stereocenters. The molecule has 0 radical (unpaired) electrons. The van der Waals surface area contributed by atoms with Gasteiger partial charge in [-0.15, -0.1) is 0 Å². The van der Waals surface area contributed by atoms with Crippen LogP contribution in [0.4, 0.5) is 0 Å². The van der Waals surface area contributed by atoms with Crippen molar-refractivity contribution in [3.63, 3.8) is 0 Å². The highest BCUT2D eigenvalue weighted by atomic mass is 14.0. The Bertz CT molecular complexity index is 113. The van der Waals surface area contributed by atoms with Crippen LogP contribution in [0, 0.1) is 0 Å². The summed E-state index contributed by atoms with van der Waals surface area (Å²) < 4.78 is 0. The molecule has 0 aliphatic heterocycles. The highest BCUT2D eigenvalue weighted by Crippen LogP contribution is 2.12. The summed E-state index contributed by atoms with van der Waals surface area (Å²) in [5.74, 6) is 0. The first-order valence-electron chi connectivity index (χ1n) is 5.97. The lowest BCUT2D eigenvalue weighted by Crippen LogP contribution is -1.82. The molecule has 0 saturated carbocycles. The first kappa shape index (κ1) is 12.7. The smallest absolute Gasteiger partial charge is 0.0323 e. The van der Waals surface area contributed by atoms with Crippen LogP contribution < -0.4 is 0 Å². The summed E-state index contributed by atoms with van der Waals surface area (Å²) in [7, 11) is 0. The van der Waals surface area contributed by atoms with Gasteiger partial charge in [-0.3, -0.25) is 0 Å². The summed E-state index contributed by atoms with van der Waals surface area (Å²) in [5.41, 5.74) is 1.42. The predicted octanol–water partition coefficient (Wildman–Crippen LogP) is 5.09. The van der Waals surface area contributed by atoms with E-state index in [0.29, 0.717) is 0 Å². The number of unbranched alkanes of at least 4 members (excludes halogenated alkanes) is 6. The standard InChI is InChI=1S/C13H26/c1-4-6-7-8-9-10-11-12-13(3)5-2/h3-12H2,1-2H3. The van der Waals surface area contributed by atoms with Crippen LogP contribution in [-0.2, 0) is 0 Å². The lowest BCUT2D eigenvalue weighted by Gasteiger charge is -2.02. The maximum absolute atomic E-state index is 4.02. The molecule has 0 nitrogen and oxygen atoms in total. The fraction of sp³-hybridized carbons (Fsp3) is 0.846. The highest BCUT2D eigenvalue weighted by Gasteiger charge is 1.92. The quantitative estimate of drug-likeness (QED) is 0.344. The van der Waals surface area contributed by atoms with Crippen LogP contribution in [-0.4, -0.2) is 0 Å². The third kappa shape index (κ3) is 9.66. The summed E-state index contributed by atoms with van der Waals surface area (Å²) in [5, 5.41) is 0. The van der Waals surface area contributed by atoms with Crippen molar-refractivity contribution < 1.29 is 0 Å². The van der Waals surface area contributed by atoms with Crippen molar-refractivity contribution in [3.05, 3.63) is 12.2 Å². The van der Waals surface area contributed by atoms with Crippen molar-refractivity contribution in [3.8, 4) is 0 Å². The molecule has 0 fully saturated rings. The monoisotopic (exact) mass is 182 g/mol. The number of hydrogen-bond acceptors (Lipinski definition) is 0. The van der Waals surface area contributed by atoms with Crippen LogP contribution in [0.2, 0.25) is 0 Å². The first-order valence-corrected chi connectivity index (χ1v) is 5.97. The zero-order chi connectivity index (χ0) is 9.94. The summed E-state index contributed by atoms with van der Waals surface area (Å²) in [6, 6.07) is 0. The Balaban J connectivity index is 2.95. The summed E-state index contributed by atoms with van der Waals surface area (Å²) in [6.45, 7) is 8.49. The molecule has 0 aromatic carbocycles. The largest absolute Gasteiger partial charge is 0.0999 e. The van der Waals surface area contributed by atoms with Crippen molar-refractivity contribution in [2.24, 2.45) is 0 Å². The topological polar surface area (TPSA) is 0 Å². The van der Waals surface area contributed by atoms with Gasteiger partial charge in [0, 0.05) is 0 Å². The third-order valence-corrected chi connectivity index (χ3v) is 2.63. The normalized spacial score (nSPS) is 10.3. The Morgan fingerprint density at radius 3 is 1.92 bits per heavy atom. The van der Waals surface area contributed by atoms with Crippen LogP contribution >= 0.6 is 0 Å². The summed E-state index contributed by atoms with van der Waals surface area (Å²) in [4.78, 5) is 0. The van der Waals surface area contributed by atoms with Crippen molar-refractivity contribution in [2.75, 3.05) is 0 Å². The molecule has 0 bridgehead atoms. The zero-order valence-corrected chi connectivity index (χ0v) is 9.57. The maximum Gasteiger partial charge on any atom is -0.0323 e. The average Bonchev–Trinajstić information content (AvgIpc) is 2.16. The molecule has 0 amide bonds. The number of rotatable bonds is 9. The average molecular weight is 182 g/mol. The van der Waals surface area contributed by atoms with Crippen LogP contribution in [0.25, 0.3) is 0 Å². The fourth-order valence-corrected chi connectivity index (χ4v) is 1.51. The van der Waals surface area contributed by atoms with E-state index in [4.69, 9.17) is 0 Å². The van der Waals surface area contributed by atoms with E-state index < -0.39 is 0 Å². The van der Waals surface area contributed by atoms with Crippen LogP contribution in [0.3, 0.4) is 0 Å². The van der Waals surface area contributed by atoms with Crippen molar-refractivity contribution in [1.29, 1.82) is 0 Å². The van der Waals surface area contributed by atoms with Gasteiger partial charge in [-0.05, 0) is 19.3 Å². The second-order valence-corrected chi connectivity index (χ2v) is 3.97. The van der Waals surface area contributed by atoms with Crippen LogP contribution in [0.5, 0.6) is 0 Å². The molecule has 0 rings (SSSR count). The van der Waals surface area contributed by atoms with E-state index in [1.54, 1.807) is 0 Å². The van der Waals surface area contributed by atoms with E-state index in [0.717, 1.165) is 6.42 Å². The Morgan fingerprint density at radius 2 is 1.38 bits per heavy atom. The van der Waals surface area contributed by atoms with Crippen molar-refractivity contribution >= 4 is 0 Å². The van der Waals surface area contributed by atoms with Gasteiger partial charge >= 0.3 is 0 Å². The predicted molar refractivity (Wildman–Crippen MR) is 62.0 cm³/mol. The van der Waals surface area contributed by atoms with Crippen LogP contribution in [0.15, 0.2) is 12.2 Å². The minimum Gasteiger partial charge on any atom is -0.0999 e. The van der Waals surface area contributed by atoms with E-state index in [1.165, 1.54) is 56.9 Å². The minimum atomic E-state index is 1.16. The Morgan fingerprint density at radius 1 is 0.846 bits per heavy atom. The Kier molecular flexibility index (Phi) is 9.63. The maximum atomic E-state index is 4.02. The molecule has 13 heavy (non-hydrogen) atoms. The molecule has 0 aromatic heterocycles. The lowest BCUT2D eigenvalue weighted by molar-refractivity contribution is 0.587. The van der Waals surface area contributed by atoms with Gasteiger partial charge in [0.05, 0.1) is 0 Å². The van der Waals surface area contributed by atoms with Crippen molar-refractivity contribution in [1.82, 2.24) is 0 Å². The zero-order valence-electron chi connectivity index (χ0n) is 9.57. The Labute approximate surface area is 84.4 Å². The van der Waals surface area contributed by atoms with Crippen molar-refractivity contribution in [2.45, 2.75) is 71.6 Å². The molecule has 0 aliphatic carbocycles. The Hall–Kier alpha value is -0.260. The molecule has 78 valence electrons. The van der Waals surface area contributed by atoms with Gasteiger partial charge in [-0.2, -0.15) is 0 Å². The van der Waals surface area contributed by atoms with Gasteiger partial charge in [0.1, 0.15) is 0 Å². The van der Waals surface area contributed by atoms with E-state index in [2.05, 4.69) is 20.4 Å². The van der Waals surface area contributed by atoms with Crippen LogP contribution in [0.1, 0.15) is 71.6 Å². The molecule has 0 heterocycles. The van der Waals surface area contributed by atoms with Gasteiger partial charge in [0.25, 0.3) is 0 Å². The first-order chi connectivity index (χ1) is 6.31. The van der Waals surface area contributed by atoms with E-state index in [9.17, 15) is 0 Å². The summed E-state index contributed by atoms with van der Waals surface area (Å²) >= 11 is 0. The molecule has 0 saturated heterocycles. The highest BCUT2D eigenvalue weighted by molar-refractivity contribution is 4.91. The second kappa shape index (κ2) is 9.83. The SMILES string of the molecule is C=C(CC)CCCCCCCCC. The fourth-order valence-electron chi connectivity index (χ4n) is 1.51. The van der Waals surface area contributed by atoms with Gasteiger partial charge < -0.3 is 0 Å². The van der Waals surface area contributed by atoms with Gasteiger partial charge in [0.15, 0.2) is 0 Å². The lowest BCUT2D eigenvalue weighted by atomic mass is 10.0. The molecule has 0 N–H and O–H groups in total. The molecule has 0 spiro atoms.